The Morgan fingerprint density at radius 3 is 2.58 bits per heavy atom. The van der Waals surface area contributed by atoms with Gasteiger partial charge in [-0.15, -0.1) is 0 Å². The van der Waals surface area contributed by atoms with Crippen molar-refractivity contribution in [3.05, 3.63) is 54.4 Å². The first-order valence-corrected chi connectivity index (χ1v) is 8.80. The first-order valence-electron chi connectivity index (χ1n) is 8.80. The van der Waals surface area contributed by atoms with Crippen molar-refractivity contribution in [2.24, 2.45) is 0 Å². The summed E-state index contributed by atoms with van der Waals surface area (Å²) in [6.07, 6.45) is 9.94. The molecule has 4 heteroatoms. The summed E-state index contributed by atoms with van der Waals surface area (Å²) >= 11 is 0. The number of carbonyl (C=O) groups is 1. The fraction of sp³-hybridized carbons (Fsp3) is 0.400. The largest absolute Gasteiger partial charge is 0.448 e. The van der Waals surface area contributed by atoms with Crippen molar-refractivity contribution in [3.63, 3.8) is 0 Å². The van der Waals surface area contributed by atoms with Gasteiger partial charge in [0.05, 0.1) is 5.69 Å². The number of para-hydroxylation sites is 1. The van der Waals surface area contributed by atoms with Gasteiger partial charge in [0, 0.05) is 18.0 Å². The molecule has 2 heterocycles. The highest BCUT2D eigenvalue weighted by Gasteiger charge is 2.50. The summed E-state index contributed by atoms with van der Waals surface area (Å²) in [5.41, 5.74) is 3.11. The minimum absolute atomic E-state index is 0.0851. The Morgan fingerprint density at radius 2 is 1.79 bits per heavy atom. The zero-order valence-corrected chi connectivity index (χ0v) is 13.8. The summed E-state index contributed by atoms with van der Waals surface area (Å²) in [6.45, 7) is 0.710. The number of hydrogen-bond donors (Lipinski definition) is 1. The Balaban J connectivity index is 1.62. The maximum Gasteiger partial charge on any atom is 0.317 e. The number of hydrogen-bond acceptors (Lipinski definition) is 2. The van der Waals surface area contributed by atoms with Crippen LogP contribution in [-0.4, -0.2) is 21.8 Å². The van der Waals surface area contributed by atoms with E-state index in [1.165, 1.54) is 17.7 Å². The van der Waals surface area contributed by atoms with E-state index in [0.29, 0.717) is 13.0 Å². The highest BCUT2D eigenvalue weighted by molar-refractivity contribution is 6.06. The highest BCUT2D eigenvalue weighted by Crippen LogP contribution is 2.36. The molecule has 2 aliphatic rings. The molecule has 0 amide bonds. The fourth-order valence-electron chi connectivity index (χ4n) is 3.98. The van der Waals surface area contributed by atoms with Crippen LogP contribution in [0.15, 0.2) is 48.8 Å². The van der Waals surface area contributed by atoms with Gasteiger partial charge in [0.1, 0.15) is 6.42 Å². The smallest absolute Gasteiger partial charge is 0.317 e. The van der Waals surface area contributed by atoms with E-state index >= 15 is 0 Å². The standard InChI is InChI=1S/C20H22N2O2/c23-19-14-18(20(24-19)10-4-1-5-11-20)21-15-16-8-2-3-9-17(16)22-12-6-7-13-22/h2-3,6-9,12-13H,1,4-5,10-11,14-15H2/p+1. The molecule has 0 atom stereocenters. The van der Waals surface area contributed by atoms with Gasteiger partial charge in [-0.2, -0.15) is 0 Å². The minimum atomic E-state index is -0.349. The molecular formula is C20H23N2O2+. The van der Waals surface area contributed by atoms with E-state index in [1.807, 2.05) is 12.1 Å². The van der Waals surface area contributed by atoms with E-state index in [1.54, 1.807) is 0 Å². The molecule has 1 N–H and O–H groups in total. The Morgan fingerprint density at radius 1 is 1.04 bits per heavy atom. The van der Waals surface area contributed by atoms with Gasteiger partial charge in [-0.3, -0.25) is 4.79 Å². The van der Waals surface area contributed by atoms with Crippen LogP contribution in [0.1, 0.15) is 44.1 Å². The van der Waals surface area contributed by atoms with Crippen molar-refractivity contribution in [3.8, 4) is 5.69 Å². The van der Waals surface area contributed by atoms with Crippen molar-refractivity contribution in [1.82, 2.24) is 4.57 Å². The van der Waals surface area contributed by atoms with Crippen LogP contribution in [-0.2, 0) is 16.1 Å². The lowest BCUT2D eigenvalue weighted by atomic mass is 9.81. The van der Waals surface area contributed by atoms with Crippen molar-refractivity contribution < 1.29 is 14.5 Å². The molecule has 1 aliphatic heterocycles. The average molecular weight is 323 g/mol. The molecule has 1 aliphatic carbocycles. The maximum atomic E-state index is 11.9. The van der Waals surface area contributed by atoms with Gasteiger partial charge >= 0.3 is 5.97 Å². The molecule has 24 heavy (non-hydrogen) atoms. The summed E-state index contributed by atoms with van der Waals surface area (Å²) < 4.78 is 7.87. The molecule has 0 radical (unpaired) electrons. The van der Waals surface area contributed by atoms with Crippen LogP contribution in [0, 0.1) is 0 Å². The van der Waals surface area contributed by atoms with Crippen LogP contribution in [0.2, 0.25) is 0 Å². The van der Waals surface area contributed by atoms with Crippen LogP contribution >= 0.6 is 0 Å². The first-order chi connectivity index (χ1) is 11.8. The van der Waals surface area contributed by atoms with Gasteiger partial charge in [0.25, 0.3) is 0 Å². The fourth-order valence-corrected chi connectivity index (χ4v) is 3.98. The molecule has 2 fully saturated rings. The third-order valence-electron chi connectivity index (χ3n) is 5.21. The number of rotatable bonds is 3. The summed E-state index contributed by atoms with van der Waals surface area (Å²) in [5.74, 6) is -0.0851. The Kier molecular flexibility index (Phi) is 3.97. The van der Waals surface area contributed by atoms with E-state index in [4.69, 9.17) is 4.74 Å². The summed E-state index contributed by atoms with van der Waals surface area (Å²) in [7, 11) is 0. The van der Waals surface area contributed by atoms with E-state index in [0.717, 1.165) is 31.4 Å². The zero-order chi connectivity index (χ0) is 16.4. The number of benzene rings is 1. The summed E-state index contributed by atoms with van der Waals surface area (Å²) in [6, 6.07) is 12.4. The van der Waals surface area contributed by atoms with Gasteiger partial charge in [0.15, 0.2) is 12.1 Å². The van der Waals surface area contributed by atoms with E-state index in [-0.39, 0.29) is 11.6 Å². The number of ether oxygens (including phenoxy) is 1. The predicted molar refractivity (Wildman–Crippen MR) is 92.0 cm³/mol. The number of nitrogens with zero attached hydrogens (tertiary/aromatic N) is 1. The van der Waals surface area contributed by atoms with E-state index in [9.17, 15) is 4.79 Å². The summed E-state index contributed by atoms with van der Waals surface area (Å²) in [5, 5.41) is 0. The lowest BCUT2D eigenvalue weighted by molar-refractivity contribution is -0.480. The zero-order valence-electron chi connectivity index (χ0n) is 13.8. The van der Waals surface area contributed by atoms with Gasteiger partial charge in [-0.25, -0.2) is 4.99 Å². The molecule has 0 bridgehead atoms. The van der Waals surface area contributed by atoms with E-state index < -0.39 is 0 Å². The minimum Gasteiger partial charge on any atom is -0.448 e. The third-order valence-corrected chi connectivity index (χ3v) is 5.21. The molecule has 1 aromatic carbocycles. The Hall–Kier alpha value is -2.36. The quantitative estimate of drug-likeness (QED) is 0.880. The molecule has 1 saturated heterocycles. The number of aromatic nitrogens is 1. The number of nitrogens with one attached hydrogen (secondary N) is 1. The molecule has 2 aromatic rings. The van der Waals surface area contributed by atoms with Crippen LogP contribution in [0.25, 0.3) is 5.69 Å². The molecular weight excluding hydrogens is 300 g/mol. The van der Waals surface area contributed by atoms with Crippen LogP contribution < -0.4 is 4.99 Å². The topological polar surface area (TPSA) is 45.2 Å². The van der Waals surface area contributed by atoms with E-state index in [2.05, 4.69) is 46.2 Å². The van der Waals surface area contributed by atoms with Crippen molar-refractivity contribution >= 4 is 11.7 Å². The Labute approximate surface area is 142 Å². The normalized spacial score (nSPS) is 21.3. The second-order valence-electron chi connectivity index (χ2n) is 6.76. The number of esters is 1. The molecule has 1 saturated carbocycles. The van der Waals surface area contributed by atoms with Crippen LogP contribution in [0.3, 0.4) is 0 Å². The van der Waals surface area contributed by atoms with Gasteiger partial charge < -0.3 is 9.30 Å². The van der Waals surface area contributed by atoms with Gasteiger partial charge in [-0.05, 0) is 43.9 Å². The van der Waals surface area contributed by atoms with Crippen LogP contribution in [0.4, 0.5) is 0 Å². The monoisotopic (exact) mass is 323 g/mol. The van der Waals surface area contributed by atoms with Crippen molar-refractivity contribution in [2.75, 3.05) is 0 Å². The highest BCUT2D eigenvalue weighted by atomic mass is 16.6. The summed E-state index contributed by atoms with van der Waals surface area (Å²) in [4.78, 5) is 15.5. The number of carbonyl (C=O) groups excluding carboxylic acids is 1. The lowest BCUT2D eigenvalue weighted by Crippen LogP contribution is -2.75. The third kappa shape index (κ3) is 2.77. The maximum absolute atomic E-state index is 11.9. The van der Waals surface area contributed by atoms with Crippen molar-refractivity contribution in [1.29, 1.82) is 0 Å². The second kappa shape index (κ2) is 6.27. The molecule has 1 aromatic heterocycles. The first kappa shape index (κ1) is 15.2. The predicted octanol–water partition coefficient (Wildman–Crippen LogP) is 2.15. The molecule has 124 valence electrons. The SMILES string of the molecule is O=C1CC(=[NH+]Cc2ccccc2-n2cccc2)C2(CCCCC2)O1. The molecule has 4 nitrogen and oxygen atoms in total. The average Bonchev–Trinajstić information content (AvgIpc) is 3.23. The molecule has 4 rings (SSSR count). The molecule has 0 unspecified atom stereocenters. The van der Waals surface area contributed by atoms with Crippen LogP contribution in [0.5, 0.6) is 0 Å². The molecule has 1 spiro atoms. The Bertz CT molecular complexity index is 756. The second-order valence-corrected chi connectivity index (χ2v) is 6.76. The lowest BCUT2D eigenvalue weighted by Gasteiger charge is -2.29. The van der Waals surface area contributed by atoms with Gasteiger partial charge in [0.2, 0.25) is 5.71 Å². The van der Waals surface area contributed by atoms with Gasteiger partial charge in [-0.1, -0.05) is 24.6 Å². The van der Waals surface area contributed by atoms with Crippen molar-refractivity contribution in [2.45, 2.75) is 50.7 Å².